The summed E-state index contributed by atoms with van der Waals surface area (Å²) < 4.78 is 122. The molecule has 27 heteroatoms. The van der Waals surface area contributed by atoms with Crippen molar-refractivity contribution in [2.24, 2.45) is 20.5 Å². The van der Waals surface area contributed by atoms with Crippen LogP contribution in [-0.4, -0.2) is 69.5 Å². The summed E-state index contributed by atoms with van der Waals surface area (Å²) in [6.07, 6.45) is 0. The third-order valence-electron chi connectivity index (χ3n) is 9.78. The van der Waals surface area contributed by atoms with Crippen LogP contribution in [0.5, 0.6) is 0 Å². The topological polar surface area (TPSA) is 308 Å². The van der Waals surface area contributed by atoms with E-state index in [2.05, 4.69) is 55.5 Å². The molecule has 0 unspecified atom stereocenters. The van der Waals surface area contributed by atoms with Crippen molar-refractivity contribution < 1.29 is 50.8 Å². The van der Waals surface area contributed by atoms with Crippen LogP contribution >= 0.6 is 22.9 Å². The molecule has 7 aromatic rings. The fraction of sp³-hybridized carbons (Fsp3) is 0.119. The Balaban J connectivity index is 1.31. The Bertz CT molecular complexity index is 3700. The van der Waals surface area contributed by atoms with Gasteiger partial charge in [-0.25, -0.2) is 9.97 Å². The van der Waals surface area contributed by atoms with Crippen LogP contribution in [0.15, 0.2) is 138 Å². The molecule has 5 aromatic carbocycles. The van der Waals surface area contributed by atoms with Gasteiger partial charge in [0, 0.05) is 32.9 Å². The second-order valence-corrected chi connectivity index (χ2v) is 22.2. The quantitative estimate of drug-likeness (QED) is 0.0434. The zero-order valence-electron chi connectivity index (χ0n) is 36.0. The van der Waals surface area contributed by atoms with Crippen molar-refractivity contribution in [1.29, 1.82) is 5.26 Å². The third kappa shape index (κ3) is 11.6. The number of pyridine rings is 1. The molecular formula is C42H34ClN9O12S5. The molecule has 0 atom stereocenters. The highest BCUT2D eigenvalue weighted by Crippen LogP contribution is 2.43. The summed E-state index contributed by atoms with van der Waals surface area (Å²) >= 11 is 7.16. The minimum Gasteiger partial charge on any atom is -0.339 e. The molecule has 2 aromatic heterocycles. The van der Waals surface area contributed by atoms with E-state index in [0.29, 0.717) is 27.7 Å². The third-order valence-corrected chi connectivity index (χ3v) is 15.4. The van der Waals surface area contributed by atoms with E-state index in [1.165, 1.54) is 72.8 Å². The molecular weight excluding hydrogens is 1020 g/mol. The standard InChI is InChI=1S/C42H34ClN9O12S5/c1-24-35(22-44)39(45-29-9-14-32(15-10-29)67(56,57)62-2)48-40(46-30-11-16-33(17-12-30)68(58,59)63-3)37(24)50-52-42-47-38(26-5-7-28(43)8-6-26)41(65-42)51-49-31-13-18-34-27(21-31)19-25(23-66(53,54)55)20-36(34)69(60,61)64-4/h5-21H,23H2,1-4H3,(H2,45,46,48)(H,53,54,55). The maximum Gasteiger partial charge on any atom is 0.297 e. The van der Waals surface area contributed by atoms with Gasteiger partial charge >= 0.3 is 0 Å². The van der Waals surface area contributed by atoms with Crippen LogP contribution in [-0.2, 0) is 58.8 Å². The molecule has 2 heterocycles. The van der Waals surface area contributed by atoms with Gasteiger partial charge in [0.25, 0.3) is 40.5 Å². The van der Waals surface area contributed by atoms with Crippen LogP contribution in [0, 0.1) is 18.3 Å². The van der Waals surface area contributed by atoms with Gasteiger partial charge in [-0.1, -0.05) is 41.1 Å². The minimum atomic E-state index is -4.55. The Labute approximate surface area is 404 Å². The fourth-order valence-corrected chi connectivity index (χ4v) is 10.1. The number of anilines is 4. The maximum absolute atomic E-state index is 12.8. The average Bonchev–Trinajstić information content (AvgIpc) is 3.73. The Hall–Kier alpha value is -6.64. The van der Waals surface area contributed by atoms with Crippen molar-refractivity contribution in [2.45, 2.75) is 27.4 Å². The Morgan fingerprint density at radius 2 is 1.28 bits per heavy atom. The predicted octanol–water partition coefficient (Wildman–Crippen LogP) is 9.90. The van der Waals surface area contributed by atoms with Crippen LogP contribution < -0.4 is 10.6 Å². The number of nitrogens with zero attached hydrogens (tertiary/aromatic N) is 7. The van der Waals surface area contributed by atoms with Crippen molar-refractivity contribution in [3.8, 4) is 17.3 Å². The van der Waals surface area contributed by atoms with Crippen LogP contribution in [0.4, 0.5) is 44.5 Å². The maximum atomic E-state index is 12.8. The summed E-state index contributed by atoms with van der Waals surface area (Å²) in [5.74, 6) is -0.783. The lowest BCUT2D eigenvalue weighted by molar-refractivity contribution is 0.396. The predicted molar refractivity (Wildman–Crippen MR) is 256 cm³/mol. The first-order valence-corrected chi connectivity index (χ1v) is 26.4. The van der Waals surface area contributed by atoms with Crippen LogP contribution in [0.2, 0.25) is 5.02 Å². The number of hydrogen-bond donors (Lipinski definition) is 3. The summed E-state index contributed by atoms with van der Waals surface area (Å²) in [6.45, 7) is 1.59. The molecule has 0 aliphatic carbocycles. The van der Waals surface area contributed by atoms with Gasteiger partial charge in [-0.3, -0.25) is 17.1 Å². The van der Waals surface area contributed by atoms with E-state index in [1.807, 2.05) is 0 Å². The van der Waals surface area contributed by atoms with E-state index in [0.717, 1.165) is 38.7 Å². The van der Waals surface area contributed by atoms with Crippen LogP contribution in [0.1, 0.15) is 16.7 Å². The second kappa shape index (κ2) is 20.1. The average molecular weight is 1050 g/mol. The number of hydrogen-bond acceptors (Lipinski definition) is 21. The Morgan fingerprint density at radius 1 is 0.696 bits per heavy atom. The summed E-state index contributed by atoms with van der Waals surface area (Å²) in [6, 6.07) is 26.7. The number of nitrogens with one attached hydrogen (secondary N) is 2. The number of rotatable bonds is 17. The van der Waals surface area contributed by atoms with Gasteiger partial charge in [0.05, 0.1) is 42.4 Å². The van der Waals surface area contributed by atoms with Crippen molar-refractivity contribution in [1.82, 2.24) is 9.97 Å². The van der Waals surface area contributed by atoms with Gasteiger partial charge in [-0.15, -0.1) is 20.5 Å². The first-order chi connectivity index (χ1) is 32.6. The monoisotopic (exact) mass is 1050 g/mol. The Morgan fingerprint density at radius 3 is 1.83 bits per heavy atom. The number of halogens is 1. The molecule has 0 saturated carbocycles. The largest absolute Gasteiger partial charge is 0.339 e. The van der Waals surface area contributed by atoms with Crippen molar-refractivity contribution in [3.05, 3.63) is 125 Å². The summed E-state index contributed by atoms with van der Waals surface area (Å²) in [7, 11) is -13.9. The molecule has 3 N–H and O–H groups in total. The van der Waals surface area contributed by atoms with Crippen LogP contribution in [0.25, 0.3) is 22.0 Å². The molecule has 0 aliphatic heterocycles. The molecule has 0 bridgehead atoms. The first kappa shape index (κ1) is 50.2. The molecule has 0 aliphatic rings. The van der Waals surface area contributed by atoms with Gasteiger partial charge in [0.15, 0.2) is 16.6 Å². The first-order valence-electron chi connectivity index (χ1n) is 19.4. The number of nitriles is 1. The number of benzene rings is 5. The fourth-order valence-electron chi connectivity index (χ4n) is 6.44. The molecule has 0 saturated heterocycles. The van der Waals surface area contributed by atoms with Crippen molar-refractivity contribution >= 4 is 119 Å². The van der Waals surface area contributed by atoms with Gasteiger partial charge in [0.1, 0.15) is 28.1 Å². The molecule has 356 valence electrons. The van der Waals surface area contributed by atoms with Gasteiger partial charge in [0.2, 0.25) is 5.13 Å². The van der Waals surface area contributed by atoms with Gasteiger partial charge < -0.3 is 10.6 Å². The molecule has 21 nitrogen and oxygen atoms in total. The number of azo groups is 2. The SMILES string of the molecule is COS(=O)(=O)c1ccc(Nc2nc(Nc3ccc(S(=O)(=O)OC)cc3)c(N=Nc3nc(-c4ccc(Cl)cc4)c(N=Nc4ccc5c(S(=O)(=O)OC)cc(CS(=O)(=O)O)cc5c4)s3)c(C)c2C#N)cc1. The van der Waals surface area contributed by atoms with E-state index in [1.54, 1.807) is 31.2 Å². The van der Waals surface area contributed by atoms with Crippen LogP contribution in [0.3, 0.4) is 0 Å². The highest BCUT2D eigenvalue weighted by molar-refractivity contribution is 7.87. The van der Waals surface area contributed by atoms with E-state index >= 15 is 0 Å². The number of fused-ring (bicyclic) bond motifs is 1. The normalized spacial score (nSPS) is 12.5. The van der Waals surface area contributed by atoms with Gasteiger partial charge in [-0.2, -0.15) is 38.9 Å². The lowest BCUT2D eigenvalue weighted by atomic mass is 10.1. The molecule has 7 rings (SSSR count). The smallest absolute Gasteiger partial charge is 0.297 e. The highest BCUT2D eigenvalue weighted by Gasteiger charge is 2.23. The van der Waals surface area contributed by atoms with Crippen molar-refractivity contribution in [3.63, 3.8) is 0 Å². The molecule has 0 fully saturated rings. The lowest BCUT2D eigenvalue weighted by Gasteiger charge is -2.16. The lowest BCUT2D eigenvalue weighted by Crippen LogP contribution is -2.07. The summed E-state index contributed by atoms with van der Waals surface area (Å²) in [4.78, 5) is 8.78. The zero-order valence-corrected chi connectivity index (χ0v) is 40.8. The van der Waals surface area contributed by atoms with E-state index in [4.69, 9.17) is 15.8 Å². The van der Waals surface area contributed by atoms with E-state index < -0.39 is 46.2 Å². The summed E-state index contributed by atoms with van der Waals surface area (Å²) in [5, 5.41) is 35.4. The Kier molecular flexibility index (Phi) is 14.7. The number of thiazole rings is 1. The molecule has 69 heavy (non-hydrogen) atoms. The molecule has 0 spiro atoms. The second-order valence-electron chi connectivity index (χ2n) is 14.2. The van der Waals surface area contributed by atoms with Gasteiger partial charge in [-0.05, 0) is 103 Å². The highest BCUT2D eigenvalue weighted by atomic mass is 35.5. The number of aromatic nitrogens is 2. The van der Waals surface area contributed by atoms with Crippen molar-refractivity contribution in [2.75, 3.05) is 32.0 Å². The molecule has 0 amide bonds. The zero-order chi connectivity index (χ0) is 49.9. The minimum absolute atomic E-state index is 0.0308. The summed E-state index contributed by atoms with van der Waals surface area (Å²) in [5.41, 5.74) is 2.14. The van der Waals surface area contributed by atoms with E-state index in [-0.39, 0.29) is 75.3 Å². The molecule has 0 radical (unpaired) electrons. The van der Waals surface area contributed by atoms with E-state index in [9.17, 15) is 43.5 Å².